The zero-order valence-electron chi connectivity index (χ0n) is 13.1. The number of para-hydroxylation sites is 1. The summed E-state index contributed by atoms with van der Waals surface area (Å²) in [6.07, 6.45) is 4.73. The lowest BCUT2D eigenvalue weighted by Gasteiger charge is -2.20. The highest BCUT2D eigenvalue weighted by Gasteiger charge is 2.19. The molecule has 112 valence electrons. The van der Waals surface area contributed by atoms with Crippen LogP contribution in [0.25, 0.3) is 5.69 Å². The molecular formula is C19H20N2O. The van der Waals surface area contributed by atoms with Crippen LogP contribution < -0.4 is 0 Å². The SMILES string of the molecule is Cc1cc(C)c(C(O)c2ccccc2-n2ccnc2)c(C)c1. The molecule has 3 aromatic rings. The molecule has 0 saturated carbocycles. The van der Waals surface area contributed by atoms with Crippen molar-refractivity contribution in [3.63, 3.8) is 0 Å². The van der Waals surface area contributed by atoms with Crippen molar-refractivity contribution < 1.29 is 5.11 Å². The van der Waals surface area contributed by atoms with Gasteiger partial charge in [-0.2, -0.15) is 0 Å². The second-order valence-electron chi connectivity index (χ2n) is 5.74. The van der Waals surface area contributed by atoms with Crippen molar-refractivity contribution in [2.45, 2.75) is 26.9 Å². The highest BCUT2D eigenvalue weighted by Crippen LogP contribution is 2.31. The normalized spacial score (nSPS) is 12.4. The smallest absolute Gasteiger partial charge is 0.107 e. The van der Waals surface area contributed by atoms with E-state index in [2.05, 4.69) is 37.9 Å². The molecule has 0 spiro atoms. The number of hydrogen-bond donors (Lipinski definition) is 1. The lowest BCUT2D eigenvalue weighted by molar-refractivity contribution is 0.218. The number of aliphatic hydroxyl groups is 1. The Morgan fingerprint density at radius 3 is 2.36 bits per heavy atom. The summed E-state index contributed by atoms with van der Waals surface area (Å²) in [6, 6.07) is 12.1. The van der Waals surface area contributed by atoms with Gasteiger partial charge in [0.15, 0.2) is 0 Å². The van der Waals surface area contributed by atoms with E-state index in [1.165, 1.54) is 5.56 Å². The molecule has 0 aliphatic carbocycles. The molecule has 3 nitrogen and oxygen atoms in total. The molecule has 0 radical (unpaired) electrons. The first-order valence-corrected chi connectivity index (χ1v) is 7.41. The van der Waals surface area contributed by atoms with Crippen LogP contribution in [0, 0.1) is 20.8 Å². The Morgan fingerprint density at radius 2 is 1.73 bits per heavy atom. The van der Waals surface area contributed by atoms with Gasteiger partial charge in [-0.3, -0.25) is 0 Å². The monoisotopic (exact) mass is 292 g/mol. The second kappa shape index (κ2) is 5.78. The molecule has 1 aromatic heterocycles. The van der Waals surface area contributed by atoms with E-state index in [0.717, 1.165) is 27.9 Å². The topological polar surface area (TPSA) is 38.0 Å². The van der Waals surface area contributed by atoms with E-state index in [-0.39, 0.29) is 0 Å². The Bertz CT molecular complexity index is 768. The van der Waals surface area contributed by atoms with Gasteiger partial charge in [0, 0.05) is 18.0 Å². The highest BCUT2D eigenvalue weighted by molar-refractivity contribution is 5.49. The first kappa shape index (κ1) is 14.5. The minimum absolute atomic E-state index is 0.654. The van der Waals surface area contributed by atoms with Crippen molar-refractivity contribution in [3.05, 3.63) is 82.9 Å². The maximum atomic E-state index is 11.0. The van der Waals surface area contributed by atoms with E-state index < -0.39 is 6.10 Å². The number of aryl methyl sites for hydroxylation is 3. The van der Waals surface area contributed by atoms with Crippen LogP contribution in [0.3, 0.4) is 0 Å². The van der Waals surface area contributed by atoms with Crippen LogP contribution >= 0.6 is 0 Å². The molecule has 0 fully saturated rings. The fourth-order valence-electron chi connectivity index (χ4n) is 3.13. The van der Waals surface area contributed by atoms with Crippen LogP contribution in [-0.4, -0.2) is 14.7 Å². The molecular weight excluding hydrogens is 272 g/mol. The third kappa shape index (κ3) is 2.55. The third-order valence-corrected chi connectivity index (χ3v) is 4.03. The zero-order chi connectivity index (χ0) is 15.7. The molecule has 1 atom stereocenters. The van der Waals surface area contributed by atoms with E-state index in [4.69, 9.17) is 0 Å². The van der Waals surface area contributed by atoms with Crippen molar-refractivity contribution in [2.24, 2.45) is 0 Å². The summed E-state index contributed by atoms with van der Waals surface area (Å²) in [6.45, 7) is 6.19. The molecule has 0 bridgehead atoms. The lowest BCUT2D eigenvalue weighted by atomic mass is 9.91. The van der Waals surface area contributed by atoms with Crippen LogP contribution in [0.15, 0.2) is 55.1 Å². The molecule has 0 saturated heterocycles. The second-order valence-corrected chi connectivity index (χ2v) is 5.74. The van der Waals surface area contributed by atoms with Gasteiger partial charge >= 0.3 is 0 Å². The van der Waals surface area contributed by atoms with Gasteiger partial charge in [-0.15, -0.1) is 0 Å². The number of rotatable bonds is 3. The van der Waals surface area contributed by atoms with E-state index in [1.54, 1.807) is 12.5 Å². The van der Waals surface area contributed by atoms with E-state index in [1.807, 2.05) is 35.0 Å². The number of nitrogens with zero attached hydrogens (tertiary/aromatic N) is 2. The van der Waals surface area contributed by atoms with Crippen LogP contribution in [0.1, 0.15) is 33.9 Å². The van der Waals surface area contributed by atoms with Crippen molar-refractivity contribution in [3.8, 4) is 5.69 Å². The first-order valence-electron chi connectivity index (χ1n) is 7.41. The van der Waals surface area contributed by atoms with Gasteiger partial charge in [-0.25, -0.2) is 4.98 Å². The predicted molar refractivity (Wildman–Crippen MR) is 88.3 cm³/mol. The first-order chi connectivity index (χ1) is 10.6. The van der Waals surface area contributed by atoms with Crippen LogP contribution in [0.4, 0.5) is 0 Å². The summed E-state index contributed by atoms with van der Waals surface area (Å²) in [5.74, 6) is 0. The van der Waals surface area contributed by atoms with Gasteiger partial charge in [0.1, 0.15) is 6.10 Å². The van der Waals surface area contributed by atoms with Gasteiger partial charge in [0.05, 0.1) is 12.0 Å². The van der Waals surface area contributed by atoms with E-state index >= 15 is 0 Å². The molecule has 1 N–H and O–H groups in total. The fourth-order valence-corrected chi connectivity index (χ4v) is 3.13. The summed E-state index contributed by atoms with van der Waals surface area (Å²) in [4.78, 5) is 4.10. The number of benzene rings is 2. The molecule has 22 heavy (non-hydrogen) atoms. The molecule has 3 heteroatoms. The van der Waals surface area contributed by atoms with Gasteiger partial charge in [0.2, 0.25) is 0 Å². The largest absolute Gasteiger partial charge is 0.384 e. The number of hydrogen-bond acceptors (Lipinski definition) is 2. The average Bonchev–Trinajstić information content (AvgIpc) is 3.00. The Labute approximate surface area is 130 Å². The van der Waals surface area contributed by atoms with E-state index in [9.17, 15) is 5.11 Å². The van der Waals surface area contributed by atoms with Gasteiger partial charge in [-0.05, 0) is 43.5 Å². The molecule has 1 heterocycles. The van der Waals surface area contributed by atoms with Crippen molar-refractivity contribution >= 4 is 0 Å². The lowest BCUT2D eigenvalue weighted by Crippen LogP contribution is -2.08. The van der Waals surface area contributed by atoms with Gasteiger partial charge < -0.3 is 9.67 Å². The van der Waals surface area contributed by atoms with Crippen LogP contribution in [-0.2, 0) is 0 Å². The molecule has 0 aliphatic heterocycles. The Hall–Kier alpha value is -2.39. The molecule has 0 amide bonds. The van der Waals surface area contributed by atoms with Gasteiger partial charge in [0.25, 0.3) is 0 Å². The standard InChI is InChI=1S/C19H20N2O/c1-13-10-14(2)18(15(3)11-13)19(22)16-6-4-5-7-17(16)21-9-8-20-12-21/h4-12,19,22H,1-3H3. The maximum absolute atomic E-state index is 11.0. The summed E-state index contributed by atoms with van der Waals surface area (Å²) < 4.78 is 1.93. The summed E-state index contributed by atoms with van der Waals surface area (Å²) >= 11 is 0. The Morgan fingerprint density at radius 1 is 1.05 bits per heavy atom. The van der Waals surface area contributed by atoms with Crippen LogP contribution in [0.2, 0.25) is 0 Å². The van der Waals surface area contributed by atoms with E-state index in [0.29, 0.717) is 0 Å². The average molecular weight is 292 g/mol. The van der Waals surface area contributed by atoms with Crippen molar-refractivity contribution in [2.75, 3.05) is 0 Å². The number of aromatic nitrogens is 2. The minimum atomic E-state index is -0.654. The minimum Gasteiger partial charge on any atom is -0.384 e. The number of aliphatic hydroxyl groups excluding tert-OH is 1. The molecule has 3 rings (SSSR count). The van der Waals surface area contributed by atoms with Crippen LogP contribution in [0.5, 0.6) is 0 Å². The molecule has 0 aliphatic rings. The fraction of sp³-hybridized carbons (Fsp3) is 0.211. The maximum Gasteiger partial charge on any atom is 0.107 e. The van der Waals surface area contributed by atoms with Crippen molar-refractivity contribution in [1.82, 2.24) is 9.55 Å². The molecule has 1 unspecified atom stereocenters. The Balaban J connectivity index is 2.13. The summed E-state index contributed by atoms with van der Waals surface area (Å²) in [5, 5.41) is 11.0. The summed E-state index contributed by atoms with van der Waals surface area (Å²) in [5.41, 5.74) is 6.27. The predicted octanol–water partition coefficient (Wildman–Crippen LogP) is 3.88. The summed E-state index contributed by atoms with van der Waals surface area (Å²) in [7, 11) is 0. The molecule has 2 aromatic carbocycles. The van der Waals surface area contributed by atoms with Gasteiger partial charge in [-0.1, -0.05) is 35.9 Å². The Kier molecular flexibility index (Phi) is 3.82. The third-order valence-electron chi connectivity index (χ3n) is 4.03. The number of imidazole rings is 1. The van der Waals surface area contributed by atoms with Crippen molar-refractivity contribution in [1.29, 1.82) is 0 Å². The quantitative estimate of drug-likeness (QED) is 0.795. The highest BCUT2D eigenvalue weighted by atomic mass is 16.3. The zero-order valence-corrected chi connectivity index (χ0v) is 13.1.